The van der Waals surface area contributed by atoms with Gasteiger partial charge >= 0.3 is 6.18 Å². The van der Waals surface area contributed by atoms with Gasteiger partial charge < -0.3 is 0 Å². The standard InChI is InChI=1S/C7H12F3NO2S2/c1-6-11(3-4-14-6)15(12,13)5-2-7(8,9)10/h6H,2-5H2,1H3. The van der Waals surface area contributed by atoms with Crippen LogP contribution in [-0.2, 0) is 10.0 Å². The fourth-order valence-electron chi connectivity index (χ4n) is 1.31. The molecule has 0 aromatic rings. The largest absolute Gasteiger partial charge is 0.390 e. The molecule has 15 heavy (non-hydrogen) atoms. The molecule has 1 unspecified atom stereocenters. The van der Waals surface area contributed by atoms with Crippen molar-refractivity contribution in [1.82, 2.24) is 4.31 Å². The quantitative estimate of drug-likeness (QED) is 0.777. The smallest absolute Gasteiger partial charge is 0.212 e. The van der Waals surface area contributed by atoms with Gasteiger partial charge in [0.15, 0.2) is 0 Å². The zero-order chi connectivity index (χ0) is 11.7. The summed E-state index contributed by atoms with van der Waals surface area (Å²) in [5, 5.41) is -0.247. The second kappa shape index (κ2) is 4.50. The third-order valence-electron chi connectivity index (χ3n) is 2.08. The molecule has 1 aliphatic rings. The molecule has 0 amide bonds. The Morgan fingerprint density at radius 2 is 2.07 bits per heavy atom. The third kappa shape index (κ3) is 3.84. The van der Waals surface area contributed by atoms with Crippen LogP contribution in [0, 0.1) is 0 Å². The highest BCUT2D eigenvalue weighted by molar-refractivity contribution is 8.01. The topological polar surface area (TPSA) is 37.4 Å². The normalized spacial score (nSPS) is 24.7. The first-order chi connectivity index (χ1) is 6.72. The maximum absolute atomic E-state index is 11.9. The van der Waals surface area contributed by atoms with Crippen molar-refractivity contribution < 1.29 is 21.6 Å². The molecular formula is C7H12F3NO2S2. The molecule has 3 nitrogen and oxygen atoms in total. The lowest BCUT2D eigenvalue weighted by molar-refractivity contribution is -0.130. The number of alkyl halides is 3. The van der Waals surface area contributed by atoms with E-state index in [1.807, 2.05) is 0 Å². The van der Waals surface area contributed by atoms with Crippen molar-refractivity contribution in [3.63, 3.8) is 0 Å². The Morgan fingerprint density at radius 1 is 1.47 bits per heavy atom. The number of thioether (sulfide) groups is 1. The monoisotopic (exact) mass is 263 g/mol. The van der Waals surface area contributed by atoms with E-state index in [2.05, 4.69) is 0 Å². The Labute approximate surface area is 91.1 Å². The van der Waals surface area contributed by atoms with E-state index in [1.54, 1.807) is 6.92 Å². The van der Waals surface area contributed by atoms with Crippen molar-refractivity contribution in [2.24, 2.45) is 0 Å². The van der Waals surface area contributed by atoms with E-state index in [1.165, 1.54) is 11.8 Å². The van der Waals surface area contributed by atoms with Crippen molar-refractivity contribution >= 4 is 21.8 Å². The van der Waals surface area contributed by atoms with Crippen LogP contribution in [0.1, 0.15) is 13.3 Å². The van der Waals surface area contributed by atoms with E-state index >= 15 is 0 Å². The van der Waals surface area contributed by atoms with Gasteiger partial charge in [0.2, 0.25) is 10.0 Å². The SMILES string of the molecule is CC1SCCN1S(=O)(=O)CCC(F)(F)F. The summed E-state index contributed by atoms with van der Waals surface area (Å²) in [5.74, 6) is -0.201. The second-order valence-corrected chi connectivity index (χ2v) is 6.73. The van der Waals surface area contributed by atoms with E-state index in [9.17, 15) is 21.6 Å². The Balaban J connectivity index is 2.59. The predicted molar refractivity (Wildman–Crippen MR) is 53.1 cm³/mol. The van der Waals surface area contributed by atoms with Gasteiger partial charge in [0, 0.05) is 12.3 Å². The first-order valence-electron chi connectivity index (χ1n) is 4.40. The van der Waals surface area contributed by atoms with Gasteiger partial charge in [-0.3, -0.25) is 0 Å². The summed E-state index contributed by atoms with van der Waals surface area (Å²) < 4.78 is 59.8. The lowest BCUT2D eigenvalue weighted by Gasteiger charge is -2.20. The Bertz CT molecular complexity index is 315. The molecule has 1 heterocycles. The van der Waals surface area contributed by atoms with Crippen LogP contribution in [-0.4, -0.2) is 42.3 Å². The number of rotatable bonds is 3. The van der Waals surface area contributed by atoms with E-state index in [-0.39, 0.29) is 5.37 Å². The number of halogens is 3. The molecule has 1 fully saturated rings. The molecule has 1 atom stereocenters. The summed E-state index contributed by atoms with van der Waals surface area (Å²) in [4.78, 5) is 0. The Hall–Kier alpha value is 0.0500. The van der Waals surface area contributed by atoms with Gasteiger partial charge in [0.05, 0.1) is 17.5 Å². The number of sulfonamides is 1. The molecule has 0 aromatic carbocycles. The maximum Gasteiger partial charge on any atom is 0.390 e. The Morgan fingerprint density at radius 3 is 2.47 bits per heavy atom. The summed E-state index contributed by atoms with van der Waals surface area (Å²) in [5.41, 5.74) is 0. The predicted octanol–water partition coefficient (Wildman–Crippen LogP) is 1.66. The molecule has 8 heteroatoms. The van der Waals surface area contributed by atoms with Gasteiger partial charge in [-0.1, -0.05) is 0 Å². The number of hydrogen-bond donors (Lipinski definition) is 0. The first-order valence-corrected chi connectivity index (χ1v) is 7.06. The average molecular weight is 263 g/mol. The van der Waals surface area contributed by atoms with Crippen molar-refractivity contribution in [3.8, 4) is 0 Å². The van der Waals surface area contributed by atoms with E-state index in [0.29, 0.717) is 12.3 Å². The van der Waals surface area contributed by atoms with Crippen LogP contribution in [0.3, 0.4) is 0 Å². The second-order valence-electron chi connectivity index (χ2n) is 3.26. The molecule has 0 spiro atoms. The zero-order valence-electron chi connectivity index (χ0n) is 8.12. The van der Waals surface area contributed by atoms with Gasteiger partial charge in [-0.15, -0.1) is 11.8 Å². The fraction of sp³-hybridized carbons (Fsp3) is 1.00. The Kier molecular flexibility index (Phi) is 3.94. The van der Waals surface area contributed by atoms with Gasteiger partial charge in [-0.25, -0.2) is 8.42 Å². The molecule has 1 aliphatic heterocycles. The summed E-state index contributed by atoms with van der Waals surface area (Å²) in [7, 11) is -3.75. The zero-order valence-corrected chi connectivity index (χ0v) is 9.75. The molecule has 0 bridgehead atoms. The molecule has 0 saturated carbocycles. The molecule has 0 aliphatic carbocycles. The molecule has 0 N–H and O–H groups in total. The first kappa shape index (κ1) is 13.1. The average Bonchev–Trinajstić information content (AvgIpc) is 2.47. The maximum atomic E-state index is 11.9. The number of nitrogens with zero attached hydrogens (tertiary/aromatic N) is 1. The van der Waals surface area contributed by atoms with E-state index in [4.69, 9.17) is 0 Å². The van der Waals surface area contributed by atoms with Crippen molar-refractivity contribution in [2.75, 3.05) is 18.1 Å². The highest BCUT2D eigenvalue weighted by atomic mass is 32.2. The van der Waals surface area contributed by atoms with Crippen LogP contribution in [0.4, 0.5) is 13.2 Å². The molecule has 90 valence electrons. The summed E-state index contributed by atoms with van der Waals surface area (Å²) in [6, 6.07) is 0. The fourth-order valence-corrected chi connectivity index (χ4v) is 4.46. The van der Waals surface area contributed by atoms with Gasteiger partial charge in [0.25, 0.3) is 0 Å². The highest BCUT2D eigenvalue weighted by Gasteiger charge is 2.36. The molecule has 1 saturated heterocycles. The summed E-state index contributed by atoms with van der Waals surface area (Å²) in [6.45, 7) is 1.99. The van der Waals surface area contributed by atoms with Crippen LogP contribution in [0.25, 0.3) is 0 Å². The molecule has 0 aromatic heterocycles. The van der Waals surface area contributed by atoms with E-state index in [0.717, 1.165) is 4.31 Å². The highest BCUT2D eigenvalue weighted by Crippen LogP contribution is 2.28. The van der Waals surface area contributed by atoms with Gasteiger partial charge in [0.1, 0.15) is 0 Å². The van der Waals surface area contributed by atoms with Crippen LogP contribution in [0.2, 0.25) is 0 Å². The van der Waals surface area contributed by atoms with Crippen molar-refractivity contribution in [1.29, 1.82) is 0 Å². The molecular weight excluding hydrogens is 251 g/mol. The van der Waals surface area contributed by atoms with Crippen LogP contribution >= 0.6 is 11.8 Å². The van der Waals surface area contributed by atoms with Crippen LogP contribution < -0.4 is 0 Å². The van der Waals surface area contributed by atoms with E-state index < -0.39 is 28.4 Å². The minimum Gasteiger partial charge on any atom is -0.212 e. The number of hydrogen-bond acceptors (Lipinski definition) is 3. The van der Waals surface area contributed by atoms with Crippen LogP contribution in [0.5, 0.6) is 0 Å². The van der Waals surface area contributed by atoms with Gasteiger partial charge in [-0.05, 0) is 6.92 Å². The van der Waals surface area contributed by atoms with Crippen molar-refractivity contribution in [3.05, 3.63) is 0 Å². The third-order valence-corrected chi connectivity index (χ3v) is 5.30. The lowest BCUT2D eigenvalue weighted by atomic mass is 10.5. The summed E-state index contributed by atoms with van der Waals surface area (Å²) >= 11 is 1.43. The summed E-state index contributed by atoms with van der Waals surface area (Å²) in [6.07, 6.45) is -5.69. The minimum absolute atomic E-state index is 0.247. The van der Waals surface area contributed by atoms with Crippen molar-refractivity contribution in [2.45, 2.75) is 24.9 Å². The minimum atomic E-state index is -4.41. The lowest BCUT2D eigenvalue weighted by Crippen LogP contribution is -2.36. The molecule has 1 rings (SSSR count). The van der Waals surface area contributed by atoms with Crippen LogP contribution in [0.15, 0.2) is 0 Å². The molecule has 0 radical (unpaired) electrons. The van der Waals surface area contributed by atoms with Gasteiger partial charge in [-0.2, -0.15) is 17.5 Å².